The van der Waals surface area contributed by atoms with Gasteiger partial charge in [-0.15, -0.1) is 11.3 Å². The molecule has 1 unspecified atom stereocenters. The van der Waals surface area contributed by atoms with Gasteiger partial charge in [0.05, 0.1) is 10.2 Å². The normalized spacial score (nSPS) is 12.3. The first-order valence-corrected chi connectivity index (χ1v) is 11.2. The van der Waals surface area contributed by atoms with Crippen molar-refractivity contribution in [3.05, 3.63) is 71.1 Å². The highest BCUT2D eigenvalue weighted by Crippen LogP contribution is 2.31. The van der Waals surface area contributed by atoms with Gasteiger partial charge in [-0.3, -0.25) is 5.10 Å². The maximum atomic E-state index is 10.2. The standard InChI is InChI=1S/C24H27N3O2S/c1-17-4-2-5-18(14-17)6-3-12-25-15-20(28)16-29-21-9-7-19(8-10-21)23-24-22(26-27-23)11-13-30-24/h2,4-5,7-11,13-14,20,25,28H,3,6,12,15-16H2,1H3,(H,26,27). The van der Waals surface area contributed by atoms with Gasteiger partial charge in [0, 0.05) is 12.1 Å². The quantitative estimate of drug-likeness (QED) is 0.328. The third-order valence-electron chi connectivity index (χ3n) is 5.02. The Hall–Kier alpha value is -2.67. The summed E-state index contributed by atoms with van der Waals surface area (Å²) in [5.74, 6) is 0.746. The average molecular weight is 422 g/mol. The van der Waals surface area contributed by atoms with Crippen molar-refractivity contribution >= 4 is 21.6 Å². The van der Waals surface area contributed by atoms with E-state index in [1.807, 2.05) is 30.3 Å². The molecule has 1 atom stereocenters. The number of aromatic amines is 1. The number of H-pyrrole nitrogens is 1. The van der Waals surface area contributed by atoms with E-state index in [0.29, 0.717) is 6.54 Å². The molecule has 30 heavy (non-hydrogen) atoms. The summed E-state index contributed by atoms with van der Waals surface area (Å²) in [6, 6.07) is 18.5. The van der Waals surface area contributed by atoms with Gasteiger partial charge in [-0.25, -0.2) is 0 Å². The van der Waals surface area contributed by atoms with E-state index in [9.17, 15) is 5.11 Å². The summed E-state index contributed by atoms with van der Waals surface area (Å²) in [6.07, 6.45) is 1.55. The molecule has 0 aliphatic rings. The minimum absolute atomic E-state index is 0.266. The van der Waals surface area contributed by atoms with Crippen molar-refractivity contribution in [3.63, 3.8) is 0 Å². The maximum Gasteiger partial charge on any atom is 0.119 e. The molecule has 0 spiro atoms. The van der Waals surface area contributed by atoms with E-state index >= 15 is 0 Å². The number of aliphatic hydroxyl groups is 1. The minimum atomic E-state index is -0.541. The molecule has 4 rings (SSSR count). The van der Waals surface area contributed by atoms with Crippen molar-refractivity contribution in [2.45, 2.75) is 25.9 Å². The number of aromatic nitrogens is 2. The van der Waals surface area contributed by atoms with Gasteiger partial charge >= 0.3 is 0 Å². The van der Waals surface area contributed by atoms with Crippen LogP contribution in [0.1, 0.15) is 17.5 Å². The SMILES string of the molecule is Cc1cccc(CCCNCC(O)COc2ccc(-c3n[nH]c4ccsc34)cc2)c1. The molecule has 3 N–H and O–H groups in total. The Morgan fingerprint density at radius 3 is 2.87 bits per heavy atom. The fourth-order valence-corrected chi connectivity index (χ4v) is 4.31. The Morgan fingerprint density at radius 2 is 2.03 bits per heavy atom. The number of nitrogens with one attached hydrogen (secondary N) is 2. The highest BCUT2D eigenvalue weighted by Gasteiger charge is 2.10. The Bertz CT molecular complexity index is 1070. The summed E-state index contributed by atoms with van der Waals surface area (Å²) >= 11 is 1.68. The van der Waals surface area contributed by atoms with Crippen LogP contribution in [0.2, 0.25) is 0 Å². The number of hydrogen-bond donors (Lipinski definition) is 3. The number of nitrogens with zero attached hydrogens (tertiary/aromatic N) is 1. The van der Waals surface area contributed by atoms with Crippen LogP contribution in [0.4, 0.5) is 0 Å². The molecule has 4 aromatic rings. The summed E-state index contributed by atoms with van der Waals surface area (Å²) in [5.41, 5.74) is 5.72. The molecule has 0 aliphatic heterocycles. The second-order valence-corrected chi connectivity index (χ2v) is 8.44. The molecule has 6 heteroatoms. The monoisotopic (exact) mass is 421 g/mol. The molecule has 0 amide bonds. The molecule has 0 saturated carbocycles. The Balaban J connectivity index is 1.17. The first-order chi connectivity index (χ1) is 14.7. The van der Waals surface area contributed by atoms with Crippen LogP contribution in [0.15, 0.2) is 60.0 Å². The first kappa shape index (κ1) is 20.6. The number of rotatable bonds is 10. The van der Waals surface area contributed by atoms with Gasteiger partial charge in [0.25, 0.3) is 0 Å². The highest BCUT2D eigenvalue weighted by molar-refractivity contribution is 7.17. The predicted octanol–water partition coefficient (Wildman–Crippen LogP) is 4.56. The molecule has 2 aromatic heterocycles. The molecule has 0 aliphatic carbocycles. The van der Waals surface area contributed by atoms with Gasteiger partial charge < -0.3 is 15.2 Å². The fraction of sp³-hybridized carbons (Fsp3) is 0.292. The summed E-state index contributed by atoms with van der Waals surface area (Å²) < 4.78 is 6.90. The van der Waals surface area contributed by atoms with E-state index in [4.69, 9.17) is 4.74 Å². The lowest BCUT2D eigenvalue weighted by atomic mass is 10.1. The van der Waals surface area contributed by atoms with Gasteiger partial charge in [-0.1, -0.05) is 29.8 Å². The summed E-state index contributed by atoms with van der Waals surface area (Å²) in [4.78, 5) is 0. The Morgan fingerprint density at radius 1 is 1.17 bits per heavy atom. The van der Waals surface area contributed by atoms with Crippen LogP contribution in [-0.4, -0.2) is 41.1 Å². The van der Waals surface area contributed by atoms with Crippen LogP contribution in [-0.2, 0) is 6.42 Å². The van der Waals surface area contributed by atoms with Crippen molar-refractivity contribution in [1.29, 1.82) is 0 Å². The third kappa shape index (κ3) is 5.27. The lowest BCUT2D eigenvalue weighted by molar-refractivity contribution is 0.106. The topological polar surface area (TPSA) is 70.2 Å². The van der Waals surface area contributed by atoms with Crippen LogP contribution in [0.3, 0.4) is 0 Å². The smallest absolute Gasteiger partial charge is 0.119 e. The molecule has 156 valence electrons. The molecular formula is C24H27N3O2S. The lowest BCUT2D eigenvalue weighted by Crippen LogP contribution is -2.32. The van der Waals surface area contributed by atoms with Gasteiger partial charge in [-0.05, 0) is 67.6 Å². The van der Waals surface area contributed by atoms with Crippen molar-refractivity contribution in [1.82, 2.24) is 15.5 Å². The maximum absolute atomic E-state index is 10.2. The number of fused-ring (bicyclic) bond motifs is 1. The van der Waals surface area contributed by atoms with E-state index in [2.05, 4.69) is 52.1 Å². The van der Waals surface area contributed by atoms with Gasteiger partial charge in [-0.2, -0.15) is 5.10 Å². The predicted molar refractivity (Wildman–Crippen MR) is 123 cm³/mol. The zero-order valence-corrected chi connectivity index (χ0v) is 17.9. The van der Waals surface area contributed by atoms with E-state index in [1.165, 1.54) is 11.1 Å². The largest absolute Gasteiger partial charge is 0.491 e. The van der Waals surface area contributed by atoms with Crippen LogP contribution in [0, 0.1) is 6.92 Å². The molecule has 5 nitrogen and oxygen atoms in total. The number of aliphatic hydroxyl groups excluding tert-OH is 1. The molecular weight excluding hydrogens is 394 g/mol. The van der Waals surface area contributed by atoms with E-state index in [-0.39, 0.29) is 6.61 Å². The second-order valence-electron chi connectivity index (χ2n) is 7.52. The van der Waals surface area contributed by atoms with Crippen molar-refractivity contribution in [3.8, 4) is 17.0 Å². The molecule has 0 fully saturated rings. The van der Waals surface area contributed by atoms with Crippen molar-refractivity contribution < 1.29 is 9.84 Å². The van der Waals surface area contributed by atoms with Gasteiger partial charge in [0.1, 0.15) is 24.2 Å². The Labute approximate surface area is 180 Å². The first-order valence-electron chi connectivity index (χ1n) is 10.3. The van der Waals surface area contributed by atoms with Crippen LogP contribution >= 0.6 is 11.3 Å². The van der Waals surface area contributed by atoms with E-state index in [1.54, 1.807) is 11.3 Å². The van der Waals surface area contributed by atoms with E-state index in [0.717, 1.165) is 46.6 Å². The summed E-state index contributed by atoms with van der Waals surface area (Å²) in [7, 11) is 0. The van der Waals surface area contributed by atoms with Gasteiger partial charge in [0.2, 0.25) is 0 Å². The van der Waals surface area contributed by atoms with Crippen molar-refractivity contribution in [2.24, 2.45) is 0 Å². The number of aryl methyl sites for hydroxylation is 2. The molecule has 2 aromatic carbocycles. The molecule has 2 heterocycles. The zero-order valence-electron chi connectivity index (χ0n) is 17.1. The van der Waals surface area contributed by atoms with Gasteiger partial charge in [0.15, 0.2) is 0 Å². The Kier molecular flexibility index (Phi) is 6.79. The fourth-order valence-electron chi connectivity index (χ4n) is 3.46. The average Bonchev–Trinajstić information content (AvgIpc) is 3.36. The minimum Gasteiger partial charge on any atom is -0.491 e. The van der Waals surface area contributed by atoms with Crippen LogP contribution in [0.25, 0.3) is 21.5 Å². The summed E-state index contributed by atoms with van der Waals surface area (Å²) in [6.45, 7) is 3.78. The number of benzene rings is 2. The van der Waals surface area contributed by atoms with E-state index < -0.39 is 6.10 Å². The number of hydrogen-bond acceptors (Lipinski definition) is 5. The van der Waals surface area contributed by atoms with Crippen LogP contribution < -0.4 is 10.1 Å². The second kappa shape index (κ2) is 9.89. The molecule has 0 bridgehead atoms. The van der Waals surface area contributed by atoms with Crippen molar-refractivity contribution in [2.75, 3.05) is 19.7 Å². The number of thiophene rings is 1. The molecule has 0 radical (unpaired) electrons. The lowest BCUT2D eigenvalue weighted by Gasteiger charge is -2.13. The third-order valence-corrected chi connectivity index (χ3v) is 5.94. The highest BCUT2D eigenvalue weighted by atomic mass is 32.1. The number of ether oxygens (including phenoxy) is 1. The zero-order chi connectivity index (χ0) is 20.8. The van der Waals surface area contributed by atoms with Crippen LogP contribution in [0.5, 0.6) is 5.75 Å². The summed E-state index contributed by atoms with van der Waals surface area (Å²) in [5, 5.41) is 23.0. The molecule has 0 saturated heterocycles.